The lowest BCUT2D eigenvalue weighted by molar-refractivity contribution is -0.176. The number of allylic oxidation sites excluding steroid dienone is 6. The van der Waals surface area contributed by atoms with Crippen molar-refractivity contribution in [2.45, 2.75) is 66.2 Å². The largest absolute Gasteiger partial charge is 0.255 e. The van der Waals surface area contributed by atoms with E-state index in [-0.39, 0.29) is 0 Å². The molecule has 0 radical (unpaired) electrons. The Morgan fingerprint density at radius 2 is 1.18 bits per heavy atom. The molecule has 0 amide bonds. The zero-order valence-corrected chi connectivity index (χ0v) is 14.9. The van der Waals surface area contributed by atoms with Crippen molar-refractivity contribution in [3.63, 3.8) is 0 Å². The van der Waals surface area contributed by atoms with Gasteiger partial charge in [0, 0.05) is 0 Å². The van der Waals surface area contributed by atoms with E-state index >= 15 is 0 Å². The maximum Gasteiger partial charge on any atom is -0.0171 e. The van der Waals surface area contributed by atoms with Gasteiger partial charge in [0.15, 0.2) is 0 Å². The van der Waals surface area contributed by atoms with Crippen molar-refractivity contribution in [3.8, 4) is 0 Å². The van der Waals surface area contributed by atoms with Crippen LogP contribution >= 0.6 is 0 Å². The molecule has 0 saturated carbocycles. The second kappa shape index (κ2) is 11.4. The Balaban J connectivity index is 0.000000360. The first-order valence-corrected chi connectivity index (χ1v) is 8.22. The molecular formula is C20H34O2. The predicted molar refractivity (Wildman–Crippen MR) is 97.1 cm³/mol. The summed E-state index contributed by atoms with van der Waals surface area (Å²) in [6.45, 7) is 16.7. The van der Waals surface area contributed by atoms with Gasteiger partial charge in [-0.25, -0.2) is 0 Å². The molecule has 2 rings (SSSR count). The number of rotatable bonds is 2. The van der Waals surface area contributed by atoms with Gasteiger partial charge in [-0.15, -0.1) is 0 Å². The average Bonchev–Trinajstić information content (AvgIpc) is 2.51. The van der Waals surface area contributed by atoms with E-state index in [1.54, 1.807) is 11.1 Å². The first-order chi connectivity index (χ1) is 10.4. The fraction of sp³-hybridized carbons (Fsp3) is 0.600. The van der Waals surface area contributed by atoms with Gasteiger partial charge in [0.2, 0.25) is 0 Å². The average molecular weight is 306 g/mol. The van der Waals surface area contributed by atoms with E-state index in [0.29, 0.717) is 0 Å². The summed E-state index contributed by atoms with van der Waals surface area (Å²) in [5.74, 6) is 1.53. The maximum atomic E-state index is 6.00. The summed E-state index contributed by atoms with van der Waals surface area (Å²) in [5.41, 5.74) is 5.81. The SMILES string of the molecule is C=C(C)C1CC=C(C)CC1.C=C(C)C1CC=C(C)CC1.OO. The van der Waals surface area contributed by atoms with E-state index in [4.69, 9.17) is 10.5 Å². The van der Waals surface area contributed by atoms with Crippen LogP contribution in [0.5, 0.6) is 0 Å². The van der Waals surface area contributed by atoms with Crippen LogP contribution in [0.1, 0.15) is 66.2 Å². The topological polar surface area (TPSA) is 40.5 Å². The lowest BCUT2D eigenvalue weighted by atomic mass is 9.86. The highest BCUT2D eigenvalue weighted by Crippen LogP contribution is 2.28. The normalized spacial score (nSPS) is 23.7. The van der Waals surface area contributed by atoms with Crippen molar-refractivity contribution in [1.82, 2.24) is 0 Å². The molecule has 2 atom stereocenters. The molecule has 2 unspecified atom stereocenters. The molecule has 0 aromatic carbocycles. The molecule has 2 heteroatoms. The van der Waals surface area contributed by atoms with E-state index < -0.39 is 0 Å². The molecule has 0 aliphatic heterocycles. The summed E-state index contributed by atoms with van der Waals surface area (Å²) in [4.78, 5) is 0. The second-order valence-electron chi connectivity index (χ2n) is 6.74. The van der Waals surface area contributed by atoms with Crippen LogP contribution in [0.4, 0.5) is 0 Å². The molecule has 22 heavy (non-hydrogen) atoms. The van der Waals surface area contributed by atoms with Gasteiger partial charge in [-0.2, -0.15) is 0 Å². The van der Waals surface area contributed by atoms with Gasteiger partial charge >= 0.3 is 0 Å². The summed E-state index contributed by atoms with van der Waals surface area (Å²) < 4.78 is 0. The van der Waals surface area contributed by atoms with Crippen LogP contribution in [0.3, 0.4) is 0 Å². The van der Waals surface area contributed by atoms with E-state index in [1.807, 2.05) is 0 Å². The third-order valence-electron chi connectivity index (χ3n) is 4.67. The minimum absolute atomic E-state index is 0.767. The molecule has 0 aromatic heterocycles. The minimum atomic E-state index is 0.767. The lowest BCUT2D eigenvalue weighted by Gasteiger charge is -2.19. The van der Waals surface area contributed by atoms with Gasteiger partial charge in [-0.1, -0.05) is 47.6 Å². The van der Waals surface area contributed by atoms with Gasteiger partial charge in [-0.3, -0.25) is 10.5 Å². The fourth-order valence-electron chi connectivity index (χ4n) is 2.83. The molecule has 126 valence electrons. The van der Waals surface area contributed by atoms with Crippen LogP contribution in [-0.4, -0.2) is 10.5 Å². The fourth-order valence-corrected chi connectivity index (χ4v) is 2.83. The van der Waals surface area contributed by atoms with Crippen LogP contribution in [0.2, 0.25) is 0 Å². The Labute approximate surface area is 136 Å². The van der Waals surface area contributed by atoms with E-state index in [0.717, 1.165) is 11.8 Å². The molecule has 2 N–H and O–H groups in total. The van der Waals surface area contributed by atoms with Crippen molar-refractivity contribution >= 4 is 0 Å². The highest BCUT2D eigenvalue weighted by atomic mass is 17.0. The smallest absolute Gasteiger partial charge is 0.0171 e. The molecule has 0 fully saturated rings. The van der Waals surface area contributed by atoms with E-state index in [2.05, 4.69) is 53.0 Å². The Morgan fingerprint density at radius 1 is 0.864 bits per heavy atom. The van der Waals surface area contributed by atoms with Crippen LogP contribution in [0.15, 0.2) is 47.6 Å². The molecular weight excluding hydrogens is 272 g/mol. The van der Waals surface area contributed by atoms with Gasteiger partial charge in [-0.05, 0) is 78.1 Å². The van der Waals surface area contributed by atoms with Crippen molar-refractivity contribution in [3.05, 3.63) is 47.6 Å². The molecule has 0 saturated heterocycles. The molecule has 2 aliphatic rings. The van der Waals surface area contributed by atoms with Gasteiger partial charge in [0.05, 0.1) is 0 Å². The van der Waals surface area contributed by atoms with E-state index in [9.17, 15) is 0 Å². The molecule has 0 heterocycles. The van der Waals surface area contributed by atoms with Crippen molar-refractivity contribution < 1.29 is 10.5 Å². The molecule has 2 aliphatic carbocycles. The van der Waals surface area contributed by atoms with Crippen molar-refractivity contribution in [2.24, 2.45) is 11.8 Å². The van der Waals surface area contributed by atoms with Crippen LogP contribution in [-0.2, 0) is 0 Å². The number of hydrogen-bond acceptors (Lipinski definition) is 2. The molecule has 2 nitrogen and oxygen atoms in total. The van der Waals surface area contributed by atoms with Crippen LogP contribution < -0.4 is 0 Å². The molecule has 0 aromatic rings. The van der Waals surface area contributed by atoms with Crippen molar-refractivity contribution in [1.29, 1.82) is 0 Å². The van der Waals surface area contributed by atoms with E-state index in [1.165, 1.54) is 49.7 Å². The Hall–Kier alpha value is -1.12. The zero-order valence-electron chi connectivity index (χ0n) is 14.9. The Kier molecular flexibility index (Phi) is 10.9. The standard InChI is InChI=1S/2C10H16.H2O2/c2*1-8(2)10-6-4-9(3)5-7-10;1-2/h2*4,10H,1,5-7H2,2-3H3;1-2H. The summed E-state index contributed by atoms with van der Waals surface area (Å²) in [5, 5.41) is 12.0. The Morgan fingerprint density at radius 3 is 1.36 bits per heavy atom. The third-order valence-corrected chi connectivity index (χ3v) is 4.67. The highest BCUT2D eigenvalue weighted by molar-refractivity contribution is 5.10. The maximum absolute atomic E-state index is 6.00. The minimum Gasteiger partial charge on any atom is -0.255 e. The summed E-state index contributed by atoms with van der Waals surface area (Å²) in [6.07, 6.45) is 12.3. The zero-order chi connectivity index (χ0) is 17.1. The Bertz CT molecular complexity index is 375. The summed E-state index contributed by atoms with van der Waals surface area (Å²) in [7, 11) is 0. The predicted octanol–water partition coefficient (Wildman–Crippen LogP) is 6.64. The second-order valence-corrected chi connectivity index (χ2v) is 6.74. The summed E-state index contributed by atoms with van der Waals surface area (Å²) in [6, 6.07) is 0. The van der Waals surface area contributed by atoms with Crippen molar-refractivity contribution in [2.75, 3.05) is 0 Å². The third kappa shape index (κ3) is 8.35. The molecule has 0 bridgehead atoms. The van der Waals surface area contributed by atoms with Gasteiger partial charge in [0.25, 0.3) is 0 Å². The number of hydrogen-bond donors (Lipinski definition) is 2. The monoisotopic (exact) mass is 306 g/mol. The van der Waals surface area contributed by atoms with Gasteiger partial charge in [0.1, 0.15) is 0 Å². The highest BCUT2D eigenvalue weighted by Gasteiger charge is 2.12. The van der Waals surface area contributed by atoms with Crippen LogP contribution in [0, 0.1) is 11.8 Å². The quantitative estimate of drug-likeness (QED) is 0.341. The first kappa shape index (κ1) is 20.9. The first-order valence-electron chi connectivity index (χ1n) is 8.22. The molecule has 0 spiro atoms. The lowest BCUT2D eigenvalue weighted by Crippen LogP contribution is -2.04. The van der Waals surface area contributed by atoms with Crippen LogP contribution in [0.25, 0.3) is 0 Å². The van der Waals surface area contributed by atoms with Gasteiger partial charge < -0.3 is 0 Å². The summed E-state index contributed by atoms with van der Waals surface area (Å²) >= 11 is 0.